The molecule has 3 nitrogen and oxygen atoms in total. The second kappa shape index (κ2) is 6.40. The minimum Gasteiger partial charge on any atom is -0.369 e. The highest BCUT2D eigenvalue weighted by Gasteiger charge is 2.20. The van der Waals surface area contributed by atoms with Gasteiger partial charge in [-0.15, -0.1) is 0 Å². The van der Waals surface area contributed by atoms with Crippen LogP contribution in [0, 0.1) is 19.8 Å². The van der Waals surface area contributed by atoms with E-state index in [4.69, 9.17) is 0 Å². The fraction of sp³-hybridized carbons (Fsp3) is 0.588. The second-order valence-corrected chi connectivity index (χ2v) is 6.30. The molecule has 0 N–H and O–H groups in total. The Morgan fingerprint density at radius 1 is 1.10 bits per heavy atom. The molecule has 0 aliphatic carbocycles. The Labute approximate surface area is 122 Å². The third kappa shape index (κ3) is 3.40. The van der Waals surface area contributed by atoms with Crippen LogP contribution >= 0.6 is 0 Å². The molecule has 0 aromatic heterocycles. The number of rotatable bonds is 4. The molecule has 1 aromatic rings. The Hall–Kier alpha value is -1.35. The van der Waals surface area contributed by atoms with Gasteiger partial charge in [0.05, 0.1) is 0 Å². The van der Waals surface area contributed by atoms with Gasteiger partial charge in [-0.25, -0.2) is 0 Å². The molecule has 2 rings (SSSR count). The molecule has 1 aromatic carbocycles. The Kier molecular flexibility index (Phi) is 4.81. The van der Waals surface area contributed by atoms with Gasteiger partial charge in [0, 0.05) is 44.0 Å². The molecule has 110 valence electrons. The summed E-state index contributed by atoms with van der Waals surface area (Å²) < 4.78 is 0. The van der Waals surface area contributed by atoms with Crippen LogP contribution in [0.4, 0.5) is 5.69 Å². The van der Waals surface area contributed by atoms with Crippen molar-refractivity contribution in [3.63, 3.8) is 0 Å². The molecule has 1 aliphatic heterocycles. The van der Waals surface area contributed by atoms with E-state index in [1.807, 2.05) is 12.1 Å². The van der Waals surface area contributed by atoms with Gasteiger partial charge in [0.2, 0.25) is 0 Å². The lowest BCUT2D eigenvalue weighted by molar-refractivity contribution is 0.112. The van der Waals surface area contributed by atoms with Gasteiger partial charge in [0.15, 0.2) is 0 Å². The van der Waals surface area contributed by atoms with Gasteiger partial charge in [0.25, 0.3) is 0 Å². The van der Waals surface area contributed by atoms with E-state index >= 15 is 0 Å². The monoisotopic (exact) mass is 274 g/mol. The van der Waals surface area contributed by atoms with Crippen molar-refractivity contribution in [1.29, 1.82) is 0 Å². The molecule has 20 heavy (non-hydrogen) atoms. The number of piperazine rings is 1. The van der Waals surface area contributed by atoms with Crippen molar-refractivity contribution in [1.82, 2.24) is 4.90 Å². The minimum atomic E-state index is 0.733. The quantitative estimate of drug-likeness (QED) is 0.789. The van der Waals surface area contributed by atoms with Crippen LogP contribution in [-0.4, -0.2) is 43.9 Å². The number of carbonyl (C=O) groups excluding carboxylic acids is 1. The average Bonchev–Trinajstić information content (AvgIpc) is 2.39. The largest absolute Gasteiger partial charge is 0.369 e. The number of carbonyl (C=O) groups is 1. The van der Waals surface area contributed by atoms with E-state index in [0.29, 0.717) is 0 Å². The zero-order valence-electron chi connectivity index (χ0n) is 13.1. The minimum absolute atomic E-state index is 0.733. The van der Waals surface area contributed by atoms with Gasteiger partial charge in [-0.2, -0.15) is 0 Å². The molecule has 1 aliphatic rings. The van der Waals surface area contributed by atoms with Gasteiger partial charge >= 0.3 is 0 Å². The van der Waals surface area contributed by atoms with Crippen LogP contribution in [0.25, 0.3) is 0 Å². The lowest BCUT2D eigenvalue weighted by Crippen LogP contribution is -2.47. The summed E-state index contributed by atoms with van der Waals surface area (Å²) in [6.07, 6.45) is 0.935. The van der Waals surface area contributed by atoms with Crippen LogP contribution in [-0.2, 0) is 0 Å². The molecule has 0 atom stereocenters. The number of hydrogen-bond acceptors (Lipinski definition) is 3. The summed E-state index contributed by atoms with van der Waals surface area (Å²) in [6, 6.07) is 3.99. The third-order valence-corrected chi connectivity index (χ3v) is 3.96. The van der Waals surface area contributed by atoms with Crippen LogP contribution in [0.2, 0.25) is 0 Å². The van der Waals surface area contributed by atoms with E-state index in [2.05, 4.69) is 37.5 Å². The maximum Gasteiger partial charge on any atom is 0.150 e. The van der Waals surface area contributed by atoms with Crippen LogP contribution < -0.4 is 4.90 Å². The van der Waals surface area contributed by atoms with Crippen molar-refractivity contribution in [2.45, 2.75) is 27.7 Å². The molecule has 0 saturated carbocycles. The van der Waals surface area contributed by atoms with E-state index in [9.17, 15) is 4.79 Å². The summed E-state index contributed by atoms with van der Waals surface area (Å²) in [5.74, 6) is 0.733. The van der Waals surface area contributed by atoms with E-state index in [-0.39, 0.29) is 0 Å². The molecule has 1 fully saturated rings. The van der Waals surface area contributed by atoms with Crippen LogP contribution in [0.5, 0.6) is 0 Å². The molecule has 0 spiro atoms. The second-order valence-electron chi connectivity index (χ2n) is 6.30. The summed E-state index contributed by atoms with van der Waals surface area (Å²) in [6.45, 7) is 14.4. The predicted molar refractivity (Wildman–Crippen MR) is 84.8 cm³/mol. The van der Waals surface area contributed by atoms with Crippen molar-refractivity contribution in [3.05, 3.63) is 28.8 Å². The van der Waals surface area contributed by atoms with E-state index in [1.165, 1.54) is 23.4 Å². The van der Waals surface area contributed by atoms with Gasteiger partial charge in [-0.3, -0.25) is 9.69 Å². The number of benzene rings is 1. The Morgan fingerprint density at radius 3 is 2.10 bits per heavy atom. The summed E-state index contributed by atoms with van der Waals surface area (Å²) in [5.41, 5.74) is 4.52. The van der Waals surface area contributed by atoms with Crippen molar-refractivity contribution < 1.29 is 4.79 Å². The molecule has 0 radical (unpaired) electrons. The molecular formula is C17H26N2O. The smallest absolute Gasteiger partial charge is 0.150 e. The first-order valence-electron chi connectivity index (χ1n) is 7.55. The molecule has 0 bridgehead atoms. The number of nitrogens with zero attached hydrogens (tertiary/aromatic N) is 2. The first-order chi connectivity index (χ1) is 9.51. The average molecular weight is 274 g/mol. The lowest BCUT2D eigenvalue weighted by Gasteiger charge is -2.38. The Bertz CT molecular complexity index is 451. The highest BCUT2D eigenvalue weighted by atomic mass is 16.1. The highest BCUT2D eigenvalue weighted by Crippen LogP contribution is 2.27. The first-order valence-corrected chi connectivity index (χ1v) is 7.55. The van der Waals surface area contributed by atoms with Crippen LogP contribution in [0.1, 0.15) is 35.3 Å². The zero-order chi connectivity index (χ0) is 14.7. The number of anilines is 1. The number of aldehydes is 1. The van der Waals surface area contributed by atoms with Crippen LogP contribution in [0.3, 0.4) is 0 Å². The Morgan fingerprint density at radius 2 is 1.65 bits per heavy atom. The molecule has 3 heteroatoms. The topological polar surface area (TPSA) is 23.6 Å². The van der Waals surface area contributed by atoms with E-state index in [0.717, 1.165) is 43.9 Å². The molecule has 0 amide bonds. The van der Waals surface area contributed by atoms with Gasteiger partial charge in [-0.05, 0) is 43.0 Å². The molecule has 1 saturated heterocycles. The van der Waals surface area contributed by atoms with Gasteiger partial charge in [-0.1, -0.05) is 13.8 Å². The predicted octanol–water partition coefficient (Wildman–Crippen LogP) is 2.89. The van der Waals surface area contributed by atoms with Crippen molar-refractivity contribution in [3.8, 4) is 0 Å². The molecule has 0 unspecified atom stereocenters. The van der Waals surface area contributed by atoms with Crippen molar-refractivity contribution in [2.75, 3.05) is 37.6 Å². The van der Waals surface area contributed by atoms with Crippen LogP contribution in [0.15, 0.2) is 12.1 Å². The van der Waals surface area contributed by atoms with Gasteiger partial charge in [0.1, 0.15) is 6.29 Å². The number of hydrogen-bond donors (Lipinski definition) is 0. The molecule has 1 heterocycles. The summed E-state index contributed by atoms with van der Waals surface area (Å²) in [4.78, 5) is 15.9. The van der Waals surface area contributed by atoms with E-state index < -0.39 is 0 Å². The third-order valence-electron chi connectivity index (χ3n) is 3.96. The standard InChI is InChI=1S/C17H26N2O/c1-13(2)11-18-5-7-19(8-6-18)17-14(3)9-16(12-20)10-15(17)4/h9-10,12-13H,5-8,11H2,1-4H3. The van der Waals surface area contributed by atoms with Crippen molar-refractivity contribution in [2.24, 2.45) is 5.92 Å². The fourth-order valence-corrected chi connectivity index (χ4v) is 3.23. The fourth-order valence-electron chi connectivity index (χ4n) is 3.23. The molecular weight excluding hydrogens is 248 g/mol. The normalized spacial score (nSPS) is 16.8. The summed E-state index contributed by atoms with van der Waals surface area (Å²) in [5, 5.41) is 0. The first kappa shape index (κ1) is 15.0. The van der Waals surface area contributed by atoms with E-state index in [1.54, 1.807) is 0 Å². The maximum atomic E-state index is 10.9. The van der Waals surface area contributed by atoms with Gasteiger partial charge < -0.3 is 4.90 Å². The lowest BCUT2D eigenvalue weighted by atomic mass is 10.0. The summed E-state index contributed by atoms with van der Waals surface area (Å²) in [7, 11) is 0. The summed E-state index contributed by atoms with van der Waals surface area (Å²) >= 11 is 0. The highest BCUT2D eigenvalue weighted by molar-refractivity contribution is 5.78. The maximum absolute atomic E-state index is 10.9. The SMILES string of the molecule is Cc1cc(C=O)cc(C)c1N1CCN(CC(C)C)CC1. The Balaban J connectivity index is 2.09. The van der Waals surface area contributed by atoms with Crippen molar-refractivity contribution >= 4 is 12.0 Å². The zero-order valence-corrected chi connectivity index (χ0v) is 13.1. The number of aryl methyl sites for hydroxylation is 2.